The first-order chi connectivity index (χ1) is 18.9. The van der Waals surface area contributed by atoms with Crippen LogP contribution < -0.4 is 0 Å². The van der Waals surface area contributed by atoms with Gasteiger partial charge < -0.3 is 18.9 Å². The number of nitrogens with zero attached hydrogens (tertiary/aromatic N) is 4. The summed E-state index contributed by atoms with van der Waals surface area (Å²) in [6, 6.07) is 18.4. The fourth-order valence-electron chi connectivity index (χ4n) is 6.35. The van der Waals surface area contributed by atoms with E-state index in [4.69, 9.17) is 18.9 Å². The molecule has 4 fully saturated rings. The maximum absolute atomic E-state index is 5.69. The van der Waals surface area contributed by atoms with Crippen LogP contribution in [0.4, 0.5) is 0 Å². The first-order valence-electron chi connectivity index (χ1n) is 14.3. The molecule has 8 nitrogen and oxygen atoms in total. The Kier molecular flexibility index (Phi) is 9.00. The zero-order chi connectivity index (χ0) is 25.6. The molecule has 6 rings (SSSR count). The molecule has 0 spiro atoms. The Morgan fingerprint density at radius 1 is 0.421 bits per heavy atom. The Hall–Kier alpha value is -1.88. The van der Waals surface area contributed by atoms with Crippen molar-refractivity contribution in [2.24, 2.45) is 0 Å². The van der Waals surface area contributed by atoms with E-state index in [0.717, 1.165) is 105 Å². The lowest BCUT2D eigenvalue weighted by atomic mass is 9.97. The fourth-order valence-corrected chi connectivity index (χ4v) is 6.35. The fraction of sp³-hybridized carbons (Fsp3) is 0.600. The second-order valence-corrected chi connectivity index (χ2v) is 10.6. The topological polar surface area (TPSA) is 49.9 Å². The predicted molar refractivity (Wildman–Crippen MR) is 147 cm³/mol. The molecule has 8 heteroatoms. The number of rotatable bonds is 7. The van der Waals surface area contributed by atoms with Crippen molar-refractivity contribution in [1.29, 1.82) is 0 Å². The largest absolute Gasteiger partial charge is 0.379 e. The molecule has 0 bridgehead atoms. The number of hydrogen-bond acceptors (Lipinski definition) is 8. The minimum absolute atomic E-state index is 0.250. The molecule has 206 valence electrons. The SMILES string of the molecule is c1cc(-c2cccc(C(N3CCOCC3)N3CCOCC3)c2)cc(C(N2CCOCC2)N2CCOCC2)c1. The first kappa shape index (κ1) is 26.3. The van der Waals surface area contributed by atoms with Gasteiger partial charge in [-0.25, -0.2) is 0 Å². The van der Waals surface area contributed by atoms with Crippen LogP contribution >= 0.6 is 0 Å². The van der Waals surface area contributed by atoms with Crippen molar-refractivity contribution in [1.82, 2.24) is 19.6 Å². The van der Waals surface area contributed by atoms with Gasteiger partial charge in [0.25, 0.3) is 0 Å². The molecule has 2 aromatic carbocycles. The summed E-state index contributed by atoms with van der Waals surface area (Å²) in [5.41, 5.74) is 5.27. The second-order valence-electron chi connectivity index (χ2n) is 10.6. The Labute approximate surface area is 227 Å². The molecule has 2 aromatic rings. The van der Waals surface area contributed by atoms with E-state index in [2.05, 4.69) is 68.1 Å². The van der Waals surface area contributed by atoms with E-state index in [-0.39, 0.29) is 12.3 Å². The van der Waals surface area contributed by atoms with Gasteiger partial charge in [-0.3, -0.25) is 19.6 Å². The summed E-state index contributed by atoms with van der Waals surface area (Å²) >= 11 is 0. The Bertz CT molecular complexity index is 897. The first-order valence-corrected chi connectivity index (χ1v) is 14.3. The number of morpholine rings is 4. The van der Waals surface area contributed by atoms with Crippen molar-refractivity contribution >= 4 is 0 Å². The van der Waals surface area contributed by atoms with Gasteiger partial charge in [0.15, 0.2) is 0 Å². The van der Waals surface area contributed by atoms with E-state index in [1.54, 1.807) is 0 Å². The van der Waals surface area contributed by atoms with Gasteiger partial charge >= 0.3 is 0 Å². The highest BCUT2D eigenvalue weighted by Gasteiger charge is 2.31. The maximum Gasteiger partial charge on any atom is 0.0889 e. The molecule has 4 aliphatic rings. The van der Waals surface area contributed by atoms with Crippen molar-refractivity contribution in [2.75, 3.05) is 105 Å². The summed E-state index contributed by atoms with van der Waals surface area (Å²) in [5, 5.41) is 0. The van der Waals surface area contributed by atoms with E-state index in [1.807, 2.05) is 0 Å². The standard InChI is InChI=1S/C30H42N4O4/c1-3-25(23-27(5-1)29(31-7-15-35-16-8-31)32-9-17-36-18-10-32)26-4-2-6-28(24-26)30(33-11-19-37-20-12-33)34-13-21-38-22-14-34/h1-6,23-24,29-30H,7-22H2. The molecule has 0 N–H and O–H groups in total. The summed E-state index contributed by atoms with van der Waals surface area (Å²) in [6.45, 7) is 14.1. The summed E-state index contributed by atoms with van der Waals surface area (Å²) < 4.78 is 22.8. The smallest absolute Gasteiger partial charge is 0.0889 e. The number of hydrogen-bond donors (Lipinski definition) is 0. The van der Waals surface area contributed by atoms with E-state index in [0.29, 0.717) is 0 Å². The molecule has 0 saturated carbocycles. The van der Waals surface area contributed by atoms with Crippen LogP contribution in [0, 0.1) is 0 Å². The number of ether oxygens (including phenoxy) is 4. The molecule has 0 radical (unpaired) electrons. The second kappa shape index (κ2) is 13.0. The van der Waals surface area contributed by atoms with Gasteiger partial charge in [0.2, 0.25) is 0 Å². The van der Waals surface area contributed by atoms with Crippen molar-refractivity contribution in [3.05, 3.63) is 59.7 Å². The third-order valence-corrected chi connectivity index (χ3v) is 8.27. The third kappa shape index (κ3) is 6.13. The lowest BCUT2D eigenvalue weighted by Crippen LogP contribution is -2.50. The molecule has 0 unspecified atom stereocenters. The van der Waals surface area contributed by atoms with Crippen LogP contribution in [-0.2, 0) is 18.9 Å². The zero-order valence-electron chi connectivity index (χ0n) is 22.5. The molecule has 38 heavy (non-hydrogen) atoms. The lowest BCUT2D eigenvalue weighted by Gasteiger charge is -2.43. The molecule has 4 heterocycles. The van der Waals surface area contributed by atoms with Gasteiger partial charge in [0.05, 0.1) is 65.2 Å². The van der Waals surface area contributed by atoms with Crippen molar-refractivity contribution in [2.45, 2.75) is 12.3 Å². The Morgan fingerprint density at radius 2 is 0.711 bits per heavy atom. The Balaban J connectivity index is 1.30. The minimum Gasteiger partial charge on any atom is -0.379 e. The quantitative estimate of drug-likeness (QED) is 0.550. The van der Waals surface area contributed by atoms with E-state index >= 15 is 0 Å². The molecule has 0 atom stereocenters. The maximum atomic E-state index is 5.69. The zero-order valence-corrected chi connectivity index (χ0v) is 22.5. The van der Waals surface area contributed by atoms with E-state index in [1.165, 1.54) is 22.3 Å². The number of benzene rings is 2. The molecular formula is C30H42N4O4. The molecule has 0 aliphatic carbocycles. The highest BCUT2D eigenvalue weighted by atomic mass is 16.5. The van der Waals surface area contributed by atoms with Crippen molar-refractivity contribution in [3.63, 3.8) is 0 Å². The highest BCUT2D eigenvalue weighted by molar-refractivity contribution is 5.65. The minimum atomic E-state index is 0.250. The van der Waals surface area contributed by atoms with E-state index < -0.39 is 0 Å². The van der Waals surface area contributed by atoms with Crippen LogP contribution in [0.2, 0.25) is 0 Å². The van der Waals surface area contributed by atoms with Crippen molar-refractivity contribution in [3.8, 4) is 11.1 Å². The lowest BCUT2D eigenvalue weighted by molar-refractivity contribution is -0.0676. The van der Waals surface area contributed by atoms with Crippen LogP contribution in [0.15, 0.2) is 48.5 Å². The summed E-state index contributed by atoms with van der Waals surface area (Å²) in [4.78, 5) is 10.3. The van der Waals surface area contributed by atoms with Gasteiger partial charge in [0, 0.05) is 52.4 Å². The van der Waals surface area contributed by atoms with Gasteiger partial charge in [0.1, 0.15) is 0 Å². The van der Waals surface area contributed by atoms with Crippen LogP contribution in [0.5, 0.6) is 0 Å². The highest BCUT2D eigenvalue weighted by Crippen LogP contribution is 2.33. The van der Waals surface area contributed by atoms with E-state index in [9.17, 15) is 0 Å². The van der Waals surface area contributed by atoms with Gasteiger partial charge in [-0.2, -0.15) is 0 Å². The van der Waals surface area contributed by atoms with Gasteiger partial charge in [-0.15, -0.1) is 0 Å². The van der Waals surface area contributed by atoms with Gasteiger partial charge in [-0.1, -0.05) is 36.4 Å². The average molecular weight is 523 g/mol. The summed E-state index contributed by atoms with van der Waals surface area (Å²) in [6.07, 6.45) is 0.501. The predicted octanol–water partition coefficient (Wildman–Crippen LogP) is 2.68. The molecule has 4 aliphatic heterocycles. The van der Waals surface area contributed by atoms with Crippen LogP contribution in [0.3, 0.4) is 0 Å². The third-order valence-electron chi connectivity index (χ3n) is 8.27. The average Bonchev–Trinajstić information content (AvgIpc) is 3.00. The van der Waals surface area contributed by atoms with Crippen molar-refractivity contribution < 1.29 is 18.9 Å². The van der Waals surface area contributed by atoms with Crippen LogP contribution in [0.1, 0.15) is 23.5 Å². The van der Waals surface area contributed by atoms with Crippen LogP contribution in [0.25, 0.3) is 11.1 Å². The molecule has 0 amide bonds. The molecular weight excluding hydrogens is 480 g/mol. The van der Waals surface area contributed by atoms with Gasteiger partial charge in [-0.05, 0) is 34.4 Å². The Morgan fingerprint density at radius 3 is 1.00 bits per heavy atom. The summed E-state index contributed by atoms with van der Waals surface area (Å²) in [7, 11) is 0. The van der Waals surface area contributed by atoms with Crippen LogP contribution in [-0.4, -0.2) is 125 Å². The summed E-state index contributed by atoms with van der Waals surface area (Å²) in [5.74, 6) is 0. The normalized spacial score (nSPS) is 23.3. The molecule has 4 saturated heterocycles. The monoisotopic (exact) mass is 522 g/mol. The molecule has 0 aromatic heterocycles.